The van der Waals surface area contributed by atoms with Gasteiger partial charge in [0.25, 0.3) is 5.89 Å². The summed E-state index contributed by atoms with van der Waals surface area (Å²) < 4.78 is 16.7. The lowest BCUT2D eigenvalue weighted by molar-refractivity contribution is -0.157. The molecule has 1 aliphatic heterocycles. The van der Waals surface area contributed by atoms with Crippen LogP contribution in [0.15, 0.2) is 59.1 Å². The summed E-state index contributed by atoms with van der Waals surface area (Å²) >= 11 is 0. The molecule has 27 heavy (non-hydrogen) atoms. The molecule has 1 saturated heterocycles. The van der Waals surface area contributed by atoms with Gasteiger partial charge in [0.05, 0.1) is 18.7 Å². The van der Waals surface area contributed by atoms with Crippen molar-refractivity contribution in [3.8, 4) is 17.1 Å². The number of aromatic nitrogens is 2. The monoisotopic (exact) mass is 365 g/mol. The molecule has 1 amide bonds. The summed E-state index contributed by atoms with van der Waals surface area (Å²) in [5.74, 6) is 1.30. The zero-order chi connectivity index (χ0) is 18.8. The molecule has 1 aromatic heterocycles. The molecule has 0 N–H and O–H groups in total. The van der Waals surface area contributed by atoms with Crippen LogP contribution >= 0.6 is 0 Å². The zero-order valence-corrected chi connectivity index (χ0v) is 15.0. The van der Waals surface area contributed by atoms with Gasteiger partial charge in [-0.15, -0.1) is 0 Å². The summed E-state index contributed by atoms with van der Waals surface area (Å²) in [6, 6.07) is 16.8. The number of rotatable bonds is 4. The van der Waals surface area contributed by atoms with Crippen LogP contribution in [0.3, 0.4) is 0 Å². The van der Waals surface area contributed by atoms with Gasteiger partial charge in [0.15, 0.2) is 6.10 Å². The molecule has 3 aromatic rings. The van der Waals surface area contributed by atoms with Gasteiger partial charge in [-0.2, -0.15) is 4.98 Å². The van der Waals surface area contributed by atoms with Gasteiger partial charge >= 0.3 is 0 Å². The molecule has 0 bridgehead atoms. The van der Waals surface area contributed by atoms with Crippen LogP contribution < -0.4 is 4.74 Å². The highest BCUT2D eigenvalue weighted by molar-refractivity contribution is 5.78. The van der Waals surface area contributed by atoms with Crippen molar-refractivity contribution in [3.63, 3.8) is 0 Å². The Balaban J connectivity index is 1.71. The molecule has 0 radical (unpaired) electrons. The number of carbonyl (C=O) groups is 1. The maximum atomic E-state index is 12.2. The van der Waals surface area contributed by atoms with Crippen molar-refractivity contribution in [1.29, 1.82) is 0 Å². The van der Waals surface area contributed by atoms with Crippen molar-refractivity contribution in [2.75, 3.05) is 20.8 Å². The van der Waals surface area contributed by atoms with E-state index in [1.54, 1.807) is 19.1 Å². The van der Waals surface area contributed by atoms with Gasteiger partial charge in [-0.3, -0.25) is 4.79 Å². The summed E-state index contributed by atoms with van der Waals surface area (Å²) in [5.41, 5.74) is 1.67. The average molecular weight is 365 g/mol. The Morgan fingerprint density at radius 1 is 1.11 bits per heavy atom. The molecule has 2 aromatic carbocycles. The number of carbonyl (C=O) groups excluding carboxylic acids is 1. The lowest BCUT2D eigenvalue weighted by Crippen LogP contribution is -2.43. The van der Waals surface area contributed by atoms with Crippen molar-refractivity contribution in [2.45, 2.75) is 12.1 Å². The molecular weight excluding hydrogens is 346 g/mol. The first-order chi connectivity index (χ1) is 13.2. The third kappa shape index (κ3) is 3.17. The number of morpholine rings is 1. The highest BCUT2D eigenvalue weighted by atomic mass is 16.5. The zero-order valence-electron chi connectivity index (χ0n) is 15.0. The minimum atomic E-state index is -0.550. The van der Waals surface area contributed by atoms with Crippen molar-refractivity contribution < 1.29 is 18.8 Å². The number of ether oxygens (including phenoxy) is 2. The summed E-state index contributed by atoms with van der Waals surface area (Å²) in [4.78, 5) is 18.4. The van der Waals surface area contributed by atoms with Crippen LogP contribution in [0.2, 0.25) is 0 Å². The minimum absolute atomic E-state index is 0.0309. The third-order valence-corrected chi connectivity index (χ3v) is 4.66. The predicted molar refractivity (Wildman–Crippen MR) is 96.9 cm³/mol. The minimum Gasteiger partial charge on any atom is -0.496 e. The lowest BCUT2D eigenvalue weighted by Gasteiger charge is -2.37. The number of para-hydroxylation sites is 1. The number of hydrogen-bond acceptors (Lipinski definition) is 6. The van der Waals surface area contributed by atoms with Gasteiger partial charge in [0.2, 0.25) is 11.7 Å². The van der Waals surface area contributed by atoms with Crippen LogP contribution in [0, 0.1) is 0 Å². The van der Waals surface area contributed by atoms with E-state index in [0.29, 0.717) is 17.5 Å². The SMILES string of the molecule is COc1ccccc1-c1noc([C@H]2OCC(=O)N(C)[C@@H]2c2ccccc2)n1. The second-order valence-electron chi connectivity index (χ2n) is 6.25. The summed E-state index contributed by atoms with van der Waals surface area (Å²) in [6.07, 6.45) is -0.550. The second-order valence-corrected chi connectivity index (χ2v) is 6.25. The van der Waals surface area contributed by atoms with E-state index in [1.807, 2.05) is 54.6 Å². The molecule has 0 aliphatic carbocycles. The number of methoxy groups -OCH3 is 1. The van der Waals surface area contributed by atoms with Crippen LogP contribution in [0.1, 0.15) is 23.6 Å². The summed E-state index contributed by atoms with van der Waals surface area (Å²) in [7, 11) is 3.35. The highest BCUT2D eigenvalue weighted by Crippen LogP contribution is 2.39. The first kappa shape index (κ1) is 17.2. The normalized spacial score (nSPS) is 19.9. The van der Waals surface area contributed by atoms with Crippen LogP contribution in [-0.4, -0.2) is 41.7 Å². The van der Waals surface area contributed by atoms with E-state index in [0.717, 1.165) is 11.1 Å². The van der Waals surface area contributed by atoms with Crippen molar-refractivity contribution in [1.82, 2.24) is 15.0 Å². The van der Waals surface area contributed by atoms with Crippen LogP contribution in [0.4, 0.5) is 0 Å². The number of amides is 1. The average Bonchev–Trinajstić information content (AvgIpc) is 3.20. The quantitative estimate of drug-likeness (QED) is 0.707. The molecule has 7 nitrogen and oxygen atoms in total. The molecule has 1 fully saturated rings. The Labute approximate surface area is 156 Å². The summed E-state index contributed by atoms with van der Waals surface area (Å²) in [5, 5.41) is 4.09. The highest BCUT2D eigenvalue weighted by Gasteiger charge is 2.40. The molecule has 0 spiro atoms. The second kappa shape index (κ2) is 7.20. The van der Waals surface area contributed by atoms with Crippen LogP contribution in [0.5, 0.6) is 5.75 Å². The standard InChI is InChI=1S/C20H19N3O4/c1-23-16(24)12-26-18(17(23)13-8-4-3-5-9-13)20-21-19(22-27-20)14-10-6-7-11-15(14)25-2/h3-11,17-18H,12H2,1-2H3/t17-,18+/m1/s1. The molecular formula is C20H19N3O4. The fourth-order valence-corrected chi connectivity index (χ4v) is 3.26. The van der Waals surface area contributed by atoms with Gasteiger partial charge in [0, 0.05) is 7.05 Å². The van der Waals surface area contributed by atoms with Gasteiger partial charge in [-0.05, 0) is 17.7 Å². The number of likely N-dealkylation sites (N-methyl/N-ethyl adjacent to an activating group) is 1. The van der Waals surface area contributed by atoms with Crippen molar-refractivity contribution >= 4 is 5.91 Å². The van der Waals surface area contributed by atoms with Crippen molar-refractivity contribution in [2.24, 2.45) is 0 Å². The number of hydrogen-bond donors (Lipinski definition) is 0. The maximum absolute atomic E-state index is 12.2. The Morgan fingerprint density at radius 3 is 2.63 bits per heavy atom. The molecule has 2 atom stereocenters. The Hall–Kier alpha value is -3.19. The van der Waals surface area contributed by atoms with E-state index in [9.17, 15) is 4.79 Å². The Kier molecular flexibility index (Phi) is 4.60. The summed E-state index contributed by atoms with van der Waals surface area (Å²) in [6.45, 7) is -0.0309. The van der Waals surface area contributed by atoms with E-state index in [2.05, 4.69) is 10.1 Å². The molecule has 4 rings (SSSR count). The van der Waals surface area contributed by atoms with Gasteiger partial charge in [0.1, 0.15) is 12.4 Å². The van der Waals surface area contributed by atoms with E-state index < -0.39 is 6.10 Å². The van der Waals surface area contributed by atoms with Gasteiger partial charge in [-0.1, -0.05) is 47.6 Å². The van der Waals surface area contributed by atoms with Gasteiger partial charge < -0.3 is 18.9 Å². The molecule has 2 heterocycles. The first-order valence-electron chi connectivity index (χ1n) is 8.58. The molecule has 0 saturated carbocycles. The largest absolute Gasteiger partial charge is 0.496 e. The Morgan fingerprint density at radius 2 is 1.85 bits per heavy atom. The van der Waals surface area contributed by atoms with E-state index in [-0.39, 0.29) is 18.6 Å². The fourth-order valence-electron chi connectivity index (χ4n) is 3.26. The lowest BCUT2D eigenvalue weighted by atomic mass is 9.98. The topological polar surface area (TPSA) is 77.7 Å². The molecule has 0 unspecified atom stereocenters. The van der Waals surface area contributed by atoms with E-state index in [4.69, 9.17) is 14.0 Å². The molecule has 1 aliphatic rings. The fraction of sp³-hybridized carbons (Fsp3) is 0.250. The van der Waals surface area contributed by atoms with Gasteiger partial charge in [-0.25, -0.2) is 0 Å². The van der Waals surface area contributed by atoms with E-state index >= 15 is 0 Å². The van der Waals surface area contributed by atoms with Crippen molar-refractivity contribution in [3.05, 3.63) is 66.1 Å². The van der Waals surface area contributed by atoms with E-state index in [1.165, 1.54) is 0 Å². The Bertz CT molecular complexity index is 941. The molecule has 7 heteroatoms. The van der Waals surface area contributed by atoms with Crippen LogP contribution in [0.25, 0.3) is 11.4 Å². The maximum Gasteiger partial charge on any atom is 0.258 e. The molecule has 138 valence electrons. The number of nitrogens with zero attached hydrogens (tertiary/aromatic N) is 3. The third-order valence-electron chi connectivity index (χ3n) is 4.66. The predicted octanol–water partition coefficient (Wildman–Crippen LogP) is 3.02. The number of benzene rings is 2. The van der Waals surface area contributed by atoms with Crippen LogP contribution in [-0.2, 0) is 9.53 Å². The smallest absolute Gasteiger partial charge is 0.258 e. The first-order valence-corrected chi connectivity index (χ1v) is 8.58.